The number of nitrogens with zero attached hydrogens (tertiary/aromatic N) is 2. The second-order valence-electron chi connectivity index (χ2n) is 6.29. The molecule has 0 bridgehead atoms. The number of benzene rings is 1. The maximum atomic E-state index is 12.4. The summed E-state index contributed by atoms with van der Waals surface area (Å²) in [5.74, 6) is 1.49. The van der Waals surface area contributed by atoms with Gasteiger partial charge in [-0.2, -0.15) is 5.10 Å². The topological polar surface area (TPSA) is 106 Å². The number of nitrogens with two attached hydrogens (primary N) is 1. The summed E-state index contributed by atoms with van der Waals surface area (Å²) in [4.78, 5) is 17.0. The number of ether oxygens (including phenoxy) is 1. The van der Waals surface area contributed by atoms with E-state index in [1.165, 1.54) is 0 Å². The van der Waals surface area contributed by atoms with Crippen LogP contribution in [0.5, 0.6) is 0 Å². The Labute approximate surface area is 141 Å². The average Bonchev–Trinajstić information content (AvgIpc) is 3.25. The van der Waals surface area contributed by atoms with Crippen LogP contribution < -0.4 is 11.1 Å². The van der Waals surface area contributed by atoms with E-state index in [1.807, 2.05) is 38.1 Å². The Kier molecular flexibility index (Phi) is 4.92. The molecule has 0 radical (unpaired) electrons. The van der Waals surface area contributed by atoms with Gasteiger partial charge in [0.1, 0.15) is 11.9 Å². The molecular weight excluding hydrogens is 306 g/mol. The van der Waals surface area contributed by atoms with E-state index in [4.69, 9.17) is 10.5 Å². The molecule has 1 aromatic carbocycles. The fourth-order valence-electron chi connectivity index (χ4n) is 2.73. The molecule has 0 unspecified atom stereocenters. The van der Waals surface area contributed by atoms with E-state index in [0.29, 0.717) is 24.5 Å². The molecule has 128 valence electrons. The van der Waals surface area contributed by atoms with Crippen LogP contribution in [0.4, 0.5) is 5.69 Å². The van der Waals surface area contributed by atoms with Gasteiger partial charge in [0.15, 0.2) is 5.82 Å². The number of rotatable bonds is 5. The van der Waals surface area contributed by atoms with Gasteiger partial charge in [-0.15, -0.1) is 0 Å². The summed E-state index contributed by atoms with van der Waals surface area (Å²) in [6, 6.07) is 7.50. The summed E-state index contributed by atoms with van der Waals surface area (Å²) in [6.07, 6.45) is 1.02. The van der Waals surface area contributed by atoms with Crippen LogP contribution in [-0.2, 0) is 9.53 Å². The Bertz CT molecular complexity index is 713. The van der Waals surface area contributed by atoms with E-state index in [9.17, 15) is 4.79 Å². The van der Waals surface area contributed by atoms with E-state index in [0.717, 1.165) is 17.8 Å². The van der Waals surface area contributed by atoms with Gasteiger partial charge in [0.25, 0.3) is 5.91 Å². The van der Waals surface area contributed by atoms with E-state index in [-0.39, 0.29) is 17.9 Å². The van der Waals surface area contributed by atoms with Crippen molar-refractivity contribution < 1.29 is 9.53 Å². The Morgan fingerprint density at radius 1 is 1.42 bits per heavy atom. The third-order valence-corrected chi connectivity index (χ3v) is 4.14. The Morgan fingerprint density at radius 3 is 2.88 bits per heavy atom. The van der Waals surface area contributed by atoms with Crippen LogP contribution >= 0.6 is 0 Å². The Balaban J connectivity index is 1.78. The van der Waals surface area contributed by atoms with Gasteiger partial charge in [0, 0.05) is 18.0 Å². The van der Waals surface area contributed by atoms with Crippen LogP contribution in [-0.4, -0.2) is 39.8 Å². The number of H-pyrrole nitrogens is 1. The minimum atomic E-state index is -0.454. The van der Waals surface area contributed by atoms with Crippen molar-refractivity contribution >= 4 is 11.6 Å². The summed E-state index contributed by atoms with van der Waals surface area (Å²) >= 11 is 0. The number of anilines is 1. The van der Waals surface area contributed by atoms with Gasteiger partial charge in [0.2, 0.25) is 0 Å². The molecule has 1 aliphatic heterocycles. The maximum Gasteiger partial charge on any atom is 0.253 e. The molecule has 0 saturated carbocycles. The van der Waals surface area contributed by atoms with Crippen LogP contribution in [0.3, 0.4) is 0 Å². The highest BCUT2D eigenvalue weighted by molar-refractivity contribution is 5.97. The molecule has 1 aliphatic rings. The molecule has 1 amide bonds. The summed E-state index contributed by atoms with van der Waals surface area (Å²) < 4.78 is 5.65. The zero-order valence-corrected chi connectivity index (χ0v) is 14.0. The zero-order valence-electron chi connectivity index (χ0n) is 14.0. The first-order valence-corrected chi connectivity index (χ1v) is 8.26. The van der Waals surface area contributed by atoms with Crippen LogP contribution in [0.2, 0.25) is 0 Å². The maximum absolute atomic E-state index is 12.4. The number of hydrogen-bond acceptors (Lipinski definition) is 5. The smallest absolute Gasteiger partial charge is 0.253 e. The second-order valence-corrected chi connectivity index (χ2v) is 6.29. The molecule has 1 saturated heterocycles. The second kappa shape index (κ2) is 7.11. The van der Waals surface area contributed by atoms with Gasteiger partial charge in [-0.25, -0.2) is 4.98 Å². The lowest BCUT2D eigenvalue weighted by Crippen LogP contribution is -2.30. The van der Waals surface area contributed by atoms with Gasteiger partial charge >= 0.3 is 0 Å². The largest absolute Gasteiger partial charge is 0.364 e. The van der Waals surface area contributed by atoms with Crippen molar-refractivity contribution in [3.63, 3.8) is 0 Å². The molecule has 4 N–H and O–H groups in total. The predicted octanol–water partition coefficient (Wildman–Crippen LogP) is 2.04. The molecule has 7 heteroatoms. The first kappa shape index (κ1) is 16.6. The van der Waals surface area contributed by atoms with E-state index in [1.54, 1.807) is 0 Å². The summed E-state index contributed by atoms with van der Waals surface area (Å²) in [7, 11) is 0. The molecule has 1 aromatic heterocycles. The zero-order chi connectivity index (χ0) is 17.1. The molecule has 7 nitrogen and oxygen atoms in total. The molecule has 1 fully saturated rings. The van der Waals surface area contributed by atoms with Crippen molar-refractivity contribution in [2.45, 2.75) is 44.8 Å². The van der Waals surface area contributed by atoms with E-state index < -0.39 is 6.10 Å². The highest BCUT2D eigenvalue weighted by Crippen LogP contribution is 2.27. The third-order valence-electron chi connectivity index (χ3n) is 4.14. The minimum absolute atomic E-state index is 0.0300. The van der Waals surface area contributed by atoms with Gasteiger partial charge < -0.3 is 15.8 Å². The van der Waals surface area contributed by atoms with Crippen molar-refractivity contribution in [3.8, 4) is 11.4 Å². The number of amides is 1. The molecule has 24 heavy (non-hydrogen) atoms. The molecular formula is C17H23N5O2. The first-order valence-electron chi connectivity index (χ1n) is 8.26. The third kappa shape index (κ3) is 3.47. The number of carbonyl (C=O) groups is 1. The monoisotopic (exact) mass is 329 g/mol. The lowest BCUT2D eigenvalue weighted by atomic mass is 10.1. The summed E-state index contributed by atoms with van der Waals surface area (Å²) in [5.41, 5.74) is 7.06. The van der Waals surface area contributed by atoms with Crippen molar-refractivity contribution in [2.24, 2.45) is 5.73 Å². The number of hydrogen-bond donors (Lipinski definition) is 3. The fourth-order valence-corrected chi connectivity index (χ4v) is 2.73. The predicted molar refractivity (Wildman–Crippen MR) is 91.5 cm³/mol. The van der Waals surface area contributed by atoms with E-state index in [2.05, 4.69) is 20.5 Å². The minimum Gasteiger partial charge on any atom is -0.364 e. The number of para-hydroxylation sites is 1. The van der Waals surface area contributed by atoms with Crippen LogP contribution in [0.1, 0.15) is 38.4 Å². The summed E-state index contributed by atoms with van der Waals surface area (Å²) in [5, 5.41) is 10.1. The Morgan fingerprint density at radius 2 is 2.21 bits per heavy atom. The fraction of sp³-hybridized carbons (Fsp3) is 0.471. The van der Waals surface area contributed by atoms with Gasteiger partial charge in [-0.05, 0) is 25.0 Å². The van der Waals surface area contributed by atoms with Gasteiger partial charge in [0.05, 0.1) is 11.8 Å². The SMILES string of the molecule is CC(C)c1nc(-c2ccccc2NC(=O)[C@@H]2CC[C@H](CN)O2)n[nH]1. The Hall–Kier alpha value is -2.25. The molecule has 0 aliphatic carbocycles. The highest BCUT2D eigenvalue weighted by atomic mass is 16.5. The van der Waals surface area contributed by atoms with Crippen LogP contribution in [0.25, 0.3) is 11.4 Å². The van der Waals surface area contributed by atoms with Gasteiger partial charge in [-0.1, -0.05) is 26.0 Å². The lowest BCUT2D eigenvalue weighted by Gasteiger charge is -2.14. The molecule has 2 heterocycles. The molecule has 2 atom stereocenters. The van der Waals surface area contributed by atoms with Crippen molar-refractivity contribution in [1.29, 1.82) is 0 Å². The molecule has 3 rings (SSSR count). The number of nitrogens with one attached hydrogen (secondary N) is 2. The van der Waals surface area contributed by atoms with Crippen LogP contribution in [0, 0.1) is 0 Å². The van der Waals surface area contributed by atoms with Gasteiger partial charge in [-0.3, -0.25) is 9.89 Å². The number of carbonyl (C=O) groups excluding carboxylic acids is 1. The van der Waals surface area contributed by atoms with Crippen molar-refractivity contribution in [1.82, 2.24) is 15.2 Å². The standard InChI is InChI=1S/C17H23N5O2/c1-10(2)15-20-16(22-21-15)12-5-3-4-6-13(12)19-17(23)14-8-7-11(9-18)24-14/h3-6,10-11,14H,7-9,18H2,1-2H3,(H,19,23)(H,20,21,22)/t11-,14+/m1/s1. The first-order chi connectivity index (χ1) is 11.6. The average molecular weight is 329 g/mol. The van der Waals surface area contributed by atoms with Crippen LogP contribution in [0.15, 0.2) is 24.3 Å². The highest BCUT2D eigenvalue weighted by Gasteiger charge is 2.30. The molecule has 0 spiro atoms. The number of aromatic amines is 1. The van der Waals surface area contributed by atoms with Crippen molar-refractivity contribution in [2.75, 3.05) is 11.9 Å². The number of aromatic nitrogens is 3. The quantitative estimate of drug-likeness (QED) is 0.778. The normalized spacial score (nSPS) is 20.5. The van der Waals surface area contributed by atoms with E-state index >= 15 is 0 Å². The summed E-state index contributed by atoms with van der Waals surface area (Å²) in [6.45, 7) is 4.53. The molecule has 2 aromatic rings. The lowest BCUT2D eigenvalue weighted by molar-refractivity contribution is -0.126. The van der Waals surface area contributed by atoms with Crippen molar-refractivity contribution in [3.05, 3.63) is 30.1 Å².